The van der Waals surface area contributed by atoms with Crippen molar-refractivity contribution in [1.82, 2.24) is 9.88 Å². The highest BCUT2D eigenvalue weighted by atomic mass is 19.1. The van der Waals surface area contributed by atoms with Crippen molar-refractivity contribution < 1.29 is 4.39 Å². The van der Waals surface area contributed by atoms with Crippen LogP contribution in [-0.2, 0) is 0 Å². The van der Waals surface area contributed by atoms with Gasteiger partial charge in [-0.15, -0.1) is 0 Å². The summed E-state index contributed by atoms with van der Waals surface area (Å²) < 4.78 is 16.4. The third-order valence-corrected chi connectivity index (χ3v) is 5.96. The van der Waals surface area contributed by atoms with Gasteiger partial charge in [-0.1, -0.05) is 60.7 Å². The standard InChI is InChI=1S/C25H23FN2/c26-22-12-11-18-13-14-28(23(18)15-22)25(21-16-27-17-21)24(19-7-3-1-4-8-19)20-9-5-2-6-10-20/h1-15,21,24-25,27H,16-17H2. The van der Waals surface area contributed by atoms with E-state index in [-0.39, 0.29) is 17.8 Å². The van der Waals surface area contributed by atoms with Gasteiger partial charge in [0.1, 0.15) is 5.82 Å². The minimum Gasteiger partial charge on any atom is -0.343 e. The molecule has 28 heavy (non-hydrogen) atoms. The van der Waals surface area contributed by atoms with E-state index in [2.05, 4.69) is 82.8 Å². The van der Waals surface area contributed by atoms with Crippen LogP contribution < -0.4 is 5.32 Å². The zero-order chi connectivity index (χ0) is 18.9. The smallest absolute Gasteiger partial charge is 0.125 e. The van der Waals surface area contributed by atoms with E-state index in [1.165, 1.54) is 11.1 Å². The van der Waals surface area contributed by atoms with Gasteiger partial charge in [0.2, 0.25) is 0 Å². The maximum Gasteiger partial charge on any atom is 0.125 e. The molecular weight excluding hydrogens is 347 g/mol. The van der Waals surface area contributed by atoms with Gasteiger partial charge in [0, 0.05) is 37.2 Å². The fourth-order valence-electron chi connectivity index (χ4n) is 4.50. The molecule has 1 aromatic heterocycles. The Morgan fingerprint density at radius 1 is 0.821 bits per heavy atom. The number of nitrogens with zero attached hydrogens (tertiary/aromatic N) is 1. The lowest BCUT2D eigenvalue weighted by atomic mass is 9.77. The fraction of sp³-hybridized carbons (Fsp3) is 0.200. The van der Waals surface area contributed by atoms with Crippen LogP contribution >= 0.6 is 0 Å². The van der Waals surface area contributed by atoms with Crippen LogP contribution in [0.4, 0.5) is 4.39 Å². The van der Waals surface area contributed by atoms with Gasteiger partial charge in [0.15, 0.2) is 0 Å². The molecule has 1 aliphatic heterocycles. The molecular formula is C25H23FN2. The lowest BCUT2D eigenvalue weighted by Gasteiger charge is -2.41. The van der Waals surface area contributed by atoms with E-state index in [9.17, 15) is 4.39 Å². The van der Waals surface area contributed by atoms with Crippen LogP contribution in [0.5, 0.6) is 0 Å². The highest BCUT2D eigenvalue weighted by Crippen LogP contribution is 2.42. The number of fused-ring (bicyclic) bond motifs is 1. The Morgan fingerprint density at radius 2 is 1.46 bits per heavy atom. The Bertz CT molecular complexity index is 1030. The molecule has 0 saturated carbocycles. The molecule has 0 spiro atoms. The Balaban J connectivity index is 1.71. The molecule has 0 bridgehead atoms. The second-order valence-electron chi connectivity index (χ2n) is 7.63. The van der Waals surface area contributed by atoms with Crippen molar-refractivity contribution >= 4 is 10.9 Å². The first-order chi connectivity index (χ1) is 13.8. The second kappa shape index (κ2) is 7.25. The van der Waals surface area contributed by atoms with Crippen LogP contribution in [0.2, 0.25) is 0 Å². The number of rotatable bonds is 5. The van der Waals surface area contributed by atoms with Gasteiger partial charge >= 0.3 is 0 Å². The van der Waals surface area contributed by atoms with E-state index in [1.807, 2.05) is 6.07 Å². The summed E-state index contributed by atoms with van der Waals surface area (Å²) in [5.41, 5.74) is 3.56. The summed E-state index contributed by atoms with van der Waals surface area (Å²) in [5.74, 6) is 0.506. The molecule has 3 aromatic carbocycles. The fourth-order valence-corrected chi connectivity index (χ4v) is 4.50. The summed E-state index contributed by atoms with van der Waals surface area (Å²) in [6.07, 6.45) is 2.13. The normalized spacial score (nSPS) is 15.6. The molecule has 1 fully saturated rings. The zero-order valence-electron chi connectivity index (χ0n) is 15.6. The lowest BCUT2D eigenvalue weighted by molar-refractivity contribution is 0.221. The van der Waals surface area contributed by atoms with Gasteiger partial charge < -0.3 is 9.88 Å². The Hall–Kier alpha value is -2.91. The second-order valence-corrected chi connectivity index (χ2v) is 7.63. The van der Waals surface area contributed by atoms with Gasteiger partial charge in [-0.2, -0.15) is 0 Å². The third-order valence-electron chi connectivity index (χ3n) is 5.96. The van der Waals surface area contributed by atoms with E-state index in [0.717, 1.165) is 24.0 Å². The number of halogens is 1. The molecule has 1 saturated heterocycles. The van der Waals surface area contributed by atoms with E-state index in [4.69, 9.17) is 0 Å². The van der Waals surface area contributed by atoms with Gasteiger partial charge in [-0.3, -0.25) is 0 Å². The lowest BCUT2D eigenvalue weighted by Crippen LogP contribution is -2.48. The van der Waals surface area contributed by atoms with Crippen LogP contribution in [0.25, 0.3) is 10.9 Å². The summed E-state index contributed by atoms with van der Waals surface area (Å²) in [5, 5.41) is 4.52. The monoisotopic (exact) mass is 370 g/mol. The first-order valence-electron chi connectivity index (χ1n) is 9.88. The third kappa shape index (κ3) is 3.02. The zero-order valence-corrected chi connectivity index (χ0v) is 15.6. The molecule has 1 unspecified atom stereocenters. The van der Waals surface area contributed by atoms with Gasteiger partial charge in [-0.05, 0) is 40.8 Å². The van der Waals surface area contributed by atoms with Gasteiger partial charge in [-0.25, -0.2) is 4.39 Å². The quantitative estimate of drug-likeness (QED) is 0.499. The molecule has 1 N–H and O–H groups in total. The largest absolute Gasteiger partial charge is 0.343 e. The van der Waals surface area contributed by atoms with E-state index in [0.29, 0.717) is 5.92 Å². The Morgan fingerprint density at radius 3 is 2.04 bits per heavy atom. The summed E-state index contributed by atoms with van der Waals surface area (Å²) >= 11 is 0. The van der Waals surface area contributed by atoms with Crippen molar-refractivity contribution in [3.8, 4) is 0 Å². The number of hydrogen-bond donors (Lipinski definition) is 1. The van der Waals surface area contributed by atoms with E-state index < -0.39 is 0 Å². The van der Waals surface area contributed by atoms with Crippen molar-refractivity contribution in [3.05, 3.63) is 108 Å². The van der Waals surface area contributed by atoms with E-state index >= 15 is 0 Å². The van der Waals surface area contributed by atoms with Crippen LogP contribution in [0.1, 0.15) is 23.1 Å². The summed E-state index contributed by atoms with van der Waals surface area (Å²) in [6.45, 7) is 1.96. The number of hydrogen-bond acceptors (Lipinski definition) is 1. The summed E-state index contributed by atoms with van der Waals surface area (Å²) in [7, 11) is 0. The summed E-state index contributed by atoms with van der Waals surface area (Å²) in [4.78, 5) is 0. The molecule has 140 valence electrons. The van der Waals surface area contributed by atoms with E-state index in [1.54, 1.807) is 12.1 Å². The Labute approximate surface area is 164 Å². The topological polar surface area (TPSA) is 17.0 Å². The molecule has 1 atom stereocenters. The van der Waals surface area contributed by atoms with Crippen LogP contribution in [0, 0.1) is 11.7 Å². The van der Waals surface area contributed by atoms with Crippen molar-refractivity contribution in [2.75, 3.05) is 13.1 Å². The molecule has 2 heterocycles. The minimum absolute atomic E-state index is 0.186. The number of benzene rings is 3. The summed E-state index contributed by atoms with van der Waals surface area (Å²) in [6, 6.07) is 28.8. The van der Waals surface area contributed by atoms with Crippen LogP contribution in [-0.4, -0.2) is 17.7 Å². The van der Waals surface area contributed by atoms with Crippen LogP contribution in [0.3, 0.4) is 0 Å². The van der Waals surface area contributed by atoms with Crippen molar-refractivity contribution in [1.29, 1.82) is 0 Å². The van der Waals surface area contributed by atoms with Gasteiger partial charge in [0.25, 0.3) is 0 Å². The van der Waals surface area contributed by atoms with Crippen molar-refractivity contribution in [2.24, 2.45) is 5.92 Å². The maximum atomic E-state index is 14.1. The minimum atomic E-state index is -0.186. The molecule has 3 heteroatoms. The molecule has 0 aliphatic carbocycles. The van der Waals surface area contributed by atoms with Gasteiger partial charge in [0.05, 0.1) is 5.52 Å². The predicted molar refractivity (Wildman–Crippen MR) is 112 cm³/mol. The highest BCUT2D eigenvalue weighted by Gasteiger charge is 2.36. The average molecular weight is 370 g/mol. The van der Waals surface area contributed by atoms with Crippen LogP contribution in [0.15, 0.2) is 91.1 Å². The first kappa shape index (κ1) is 17.2. The highest BCUT2D eigenvalue weighted by molar-refractivity contribution is 5.80. The molecule has 2 nitrogen and oxygen atoms in total. The molecule has 5 rings (SSSR count). The molecule has 0 amide bonds. The Kier molecular flexibility index (Phi) is 4.46. The SMILES string of the molecule is Fc1ccc2ccn(C(C3CNC3)C(c3ccccc3)c3ccccc3)c2c1. The maximum absolute atomic E-state index is 14.1. The molecule has 0 radical (unpaired) electrons. The van der Waals surface area contributed by atoms with Crippen molar-refractivity contribution in [2.45, 2.75) is 12.0 Å². The molecule has 1 aliphatic rings. The predicted octanol–water partition coefficient (Wildman–Crippen LogP) is 5.37. The first-order valence-corrected chi connectivity index (χ1v) is 9.88. The number of nitrogens with one attached hydrogen (secondary N) is 1. The van der Waals surface area contributed by atoms with Crippen molar-refractivity contribution in [3.63, 3.8) is 0 Å². The number of aromatic nitrogens is 1. The molecule has 4 aromatic rings. The average Bonchev–Trinajstić information content (AvgIpc) is 3.10.